The minimum Gasteiger partial charge on any atom is -0.455 e. The Morgan fingerprint density at radius 3 is 2.45 bits per heavy atom. The van der Waals surface area contributed by atoms with Gasteiger partial charge in [0.1, 0.15) is 29.8 Å². The van der Waals surface area contributed by atoms with Gasteiger partial charge in [-0.3, -0.25) is 19.2 Å². The number of nitrogens with one attached hydrogen (secondary N) is 1. The molecule has 10 nitrogen and oxygen atoms in total. The molecule has 4 heterocycles. The maximum atomic E-state index is 14.9. The highest BCUT2D eigenvalue weighted by Gasteiger charge is 2.75. The zero-order valence-corrected chi connectivity index (χ0v) is 29.5. The van der Waals surface area contributed by atoms with Crippen molar-refractivity contribution >= 4 is 39.6 Å². The number of hydrogen-bond acceptors (Lipinski definition) is 7. The zero-order chi connectivity index (χ0) is 34.0. The van der Waals surface area contributed by atoms with Gasteiger partial charge in [-0.05, 0) is 50.7 Å². The number of allylic oxidation sites excluding steroid dienone is 1. The second-order valence-corrected chi connectivity index (χ2v) is 14.7. The molecule has 4 aliphatic rings. The molecule has 0 aromatic heterocycles. The van der Waals surface area contributed by atoms with Crippen LogP contribution < -0.4 is 5.32 Å². The highest BCUT2D eigenvalue weighted by atomic mass is 79.9. The van der Waals surface area contributed by atoms with Gasteiger partial charge in [0.2, 0.25) is 17.7 Å². The fourth-order valence-electron chi connectivity index (χ4n) is 7.86. The van der Waals surface area contributed by atoms with Gasteiger partial charge in [0.05, 0.1) is 24.6 Å². The Morgan fingerprint density at radius 1 is 1.06 bits per heavy atom. The van der Waals surface area contributed by atoms with E-state index < -0.39 is 59.6 Å². The summed E-state index contributed by atoms with van der Waals surface area (Å²) in [6.07, 6.45) is 6.67. The van der Waals surface area contributed by atoms with E-state index in [4.69, 9.17) is 9.47 Å². The Morgan fingerprint density at radius 2 is 1.79 bits per heavy atom. The number of esters is 1. The zero-order valence-electron chi connectivity index (χ0n) is 27.9. The number of fused-ring (bicyclic) bond motifs is 2. The summed E-state index contributed by atoms with van der Waals surface area (Å²) < 4.78 is 13.5. The standard InChI is InChI=1S/C36H48BrN3O7/c1-6-13-22(4)39-17-12-8-11-16-27(42)38-23(5)30(24-14-9-7-10-15-24)46-35(45)28-29-33(43)40(25(20-41)18-21(2)3)32(34(39)44)36(29)19-26(37)31(28)47-36/h7-10,12,14-15,19,21-23,25,28-32,41H,6,11,13,16-18,20H2,1-5H3,(H,38,42)/b12-8-/t22?,23-,25-,28+,29-,30+,31+,32+,36-/m1/s1. The molecule has 4 aliphatic heterocycles. The van der Waals surface area contributed by atoms with Gasteiger partial charge in [-0.1, -0.05) is 85.6 Å². The van der Waals surface area contributed by atoms with Gasteiger partial charge >= 0.3 is 5.97 Å². The number of likely N-dealkylation sites (tertiary alicyclic amines) is 1. The van der Waals surface area contributed by atoms with E-state index in [9.17, 15) is 24.3 Å². The van der Waals surface area contributed by atoms with Crippen molar-refractivity contribution in [3.63, 3.8) is 0 Å². The maximum Gasteiger partial charge on any atom is 0.313 e. The number of ether oxygens (including phenoxy) is 2. The minimum absolute atomic E-state index is 0.126. The van der Waals surface area contributed by atoms with E-state index in [-0.39, 0.29) is 43.3 Å². The summed E-state index contributed by atoms with van der Waals surface area (Å²) in [5.41, 5.74) is -0.736. The van der Waals surface area contributed by atoms with Crippen LogP contribution in [-0.4, -0.2) is 87.6 Å². The van der Waals surface area contributed by atoms with E-state index in [2.05, 4.69) is 28.2 Å². The molecule has 5 bridgehead atoms. The average molecular weight is 715 g/mol. The van der Waals surface area contributed by atoms with Crippen molar-refractivity contribution in [2.24, 2.45) is 17.8 Å². The van der Waals surface area contributed by atoms with Gasteiger partial charge in [0, 0.05) is 23.5 Å². The molecule has 1 spiro atoms. The molecule has 0 saturated carbocycles. The van der Waals surface area contributed by atoms with Crippen LogP contribution >= 0.6 is 15.9 Å². The van der Waals surface area contributed by atoms with Crippen molar-refractivity contribution in [1.82, 2.24) is 15.1 Å². The van der Waals surface area contributed by atoms with Crippen molar-refractivity contribution in [2.75, 3.05) is 13.2 Å². The van der Waals surface area contributed by atoms with Gasteiger partial charge in [-0.2, -0.15) is 0 Å². The van der Waals surface area contributed by atoms with Crippen LogP contribution in [0.5, 0.6) is 0 Å². The molecule has 2 N–H and O–H groups in total. The number of aliphatic hydroxyl groups excluding tert-OH is 1. The molecule has 1 aromatic rings. The first-order valence-corrected chi connectivity index (χ1v) is 17.7. The van der Waals surface area contributed by atoms with Gasteiger partial charge in [0.15, 0.2) is 0 Å². The summed E-state index contributed by atoms with van der Waals surface area (Å²) in [5.74, 6) is -3.48. The van der Waals surface area contributed by atoms with Crippen LogP contribution in [0.3, 0.4) is 0 Å². The van der Waals surface area contributed by atoms with E-state index in [1.807, 2.05) is 63.3 Å². The Bertz CT molecular complexity index is 1400. The lowest BCUT2D eigenvalue weighted by Gasteiger charge is -2.40. The van der Waals surface area contributed by atoms with Crippen LogP contribution in [0.1, 0.15) is 78.4 Å². The summed E-state index contributed by atoms with van der Waals surface area (Å²) >= 11 is 3.62. The number of aliphatic hydroxyl groups is 1. The topological polar surface area (TPSA) is 125 Å². The summed E-state index contributed by atoms with van der Waals surface area (Å²) in [6, 6.07) is 6.72. The average Bonchev–Trinajstić information content (AvgIpc) is 3.63. The molecule has 47 heavy (non-hydrogen) atoms. The normalized spacial score (nSPS) is 33.4. The Hall–Kier alpha value is -3.02. The maximum absolute atomic E-state index is 14.9. The Balaban J connectivity index is 1.65. The number of cyclic esters (lactones) is 1. The molecular formula is C36H48BrN3O7. The lowest BCUT2D eigenvalue weighted by molar-refractivity contribution is -0.162. The summed E-state index contributed by atoms with van der Waals surface area (Å²) in [6.45, 7) is 9.80. The summed E-state index contributed by atoms with van der Waals surface area (Å²) in [4.78, 5) is 60.3. The monoisotopic (exact) mass is 713 g/mol. The molecule has 2 saturated heterocycles. The van der Waals surface area contributed by atoms with Crippen molar-refractivity contribution in [3.05, 3.63) is 58.6 Å². The predicted molar refractivity (Wildman–Crippen MR) is 180 cm³/mol. The number of nitrogens with zero attached hydrogens (tertiary/aromatic N) is 2. The number of halogens is 1. The highest BCUT2D eigenvalue weighted by molar-refractivity contribution is 9.11. The van der Waals surface area contributed by atoms with Crippen LogP contribution in [0, 0.1) is 17.8 Å². The SMILES string of the molecule is CCCC(C)N1C/C=C\CCC(=O)N[C@H](C)[C@@H](c2ccccc2)OC(=O)[C@@H]2[C@H]3O[C@@]4(C=C3Br)[C@H](C1=O)N([C@@H](CO)CC(C)C)C(=O)[C@@H]24. The van der Waals surface area contributed by atoms with Gasteiger partial charge in [-0.15, -0.1) is 0 Å². The number of carbonyl (C=O) groups is 4. The molecule has 9 atom stereocenters. The molecule has 1 unspecified atom stereocenters. The number of rotatable bonds is 8. The van der Waals surface area contributed by atoms with Crippen molar-refractivity contribution in [2.45, 2.75) is 109 Å². The number of hydrogen-bond donors (Lipinski definition) is 2. The first-order chi connectivity index (χ1) is 22.4. The van der Waals surface area contributed by atoms with Gasteiger partial charge < -0.3 is 29.7 Å². The van der Waals surface area contributed by atoms with E-state index in [1.54, 1.807) is 17.9 Å². The van der Waals surface area contributed by atoms with E-state index in [0.717, 1.165) is 12.8 Å². The second kappa shape index (κ2) is 14.6. The third-order valence-electron chi connectivity index (χ3n) is 9.96. The van der Waals surface area contributed by atoms with Crippen LogP contribution in [0.15, 0.2) is 53.0 Å². The Kier molecular flexibility index (Phi) is 11.0. The summed E-state index contributed by atoms with van der Waals surface area (Å²) in [7, 11) is 0. The largest absolute Gasteiger partial charge is 0.455 e. The molecule has 2 fully saturated rings. The van der Waals surface area contributed by atoms with Crippen molar-refractivity contribution in [1.29, 1.82) is 0 Å². The van der Waals surface area contributed by atoms with Crippen molar-refractivity contribution in [3.8, 4) is 0 Å². The van der Waals surface area contributed by atoms with Gasteiger partial charge in [0.25, 0.3) is 0 Å². The lowest BCUT2D eigenvalue weighted by atomic mass is 9.74. The van der Waals surface area contributed by atoms with E-state index in [0.29, 0.717) is 22.9 Å². The first kappa shape index (κ1) is 35.3. The van der Waals surface area contributed by atoms with Crippen LogP contribution in [0.2, 0.25) is 0 Å². The third-order valence-corrected chi connectivity index (χ3v) is 10.6. The molecule has 256 valence electrons. The van der Waals surface area contributed by atoms with Crippen molar-refractivity contribution < 1.29 is 33.8 Å². The molecule has 3 amide bonds. The van der Waals surface area contributed by atoms with Crippen LogP contribution in [0.4, 0.5) is 0 Å². The smallest absolute Gasteiger partial charge is 0.313 e. The molecule has 5 rings (SSSR count). The number of amides is 3. The quantitative estimate of drug-likeness (QED) is 0.302. The molecule has 0 radical (unpaired) electrons. The minimum atomic E-state index is -1.43. The Labute approximate surface area is 286 Å². The second-order valence-electron chi connectivity index (χ2n) is 13.8. The highest BCUT2D eigenvalue weighted by Crippen LogP contribution is 2.59. The number of benzene rings is 1. The first-order valence-electron chi connectivity index (χ1n) is 16.9. The number of carbonyl (C=O) groups excluding carboxylic acids is 4. The molecule has 11 heteroatoms. The third kappa shape index (κ3) is 6.68. The van der Waals surface area contributed by atoms with Crippen LogP contribution in [-0.2, 0) is 28.7 Å². The molecule has 0 aliphatic carbocycles. The predicted octanol–water partition coefficient (Wildman–Crippen LogP) is 4.42. The fourth-order valence-corrected chi connectivity index (χ4v) is 8.60. The van der Waals surface area contributed by atoms with Crippen LogP contribution in [0.25, 0.3) is 0 Å². The fraction of sp³-hybridized carbons (Fsp3) is 0.611. The molecule has 1 aromatic carbocycles. The van der Waals surface area contributed by atoms with Gasteiger partial charge in [-0.25, -0.2) is 0 Å². The lowest BCUT2D eigenvalue weighted by Crippen LogP contribution is -2.60. The van der Waals surface area contributed by atoms with E-state index in [1.165, 1.54) is 4.90 Å². The molecular weight excluding hydrogens is 666 g/mol. The summed E-state index contributed by atoms with van der Waals surface area (Å²) in [5, 5.41) is 13.7. The van der Waals surface area contributed by atoms with E-state index >= 15 is 0 Å².